The maximum Gasteiger partial charge on any atom is 0.119 e. The number of nitrogens with zero attached hydrogens (tertiary/aromatic N) is 1. The summed E-state index contributed by atoms with van der Waals surface area (Å²) >= 11 is 0. The Balaban J connectivity index is 2.83. The summed E-state index contributed by atoms with van der Waals surface area (Å²) in [5, 5.41) is 3.69. The summed E-state index contributed by atoms with van der Waals surface area (Å²) < 4.78 is 11.0. The Labute approximate surface area is 66.7 Å². The van der Waals surface area contributed by atoms with Gasteiger partial charge in [0.2, 0.25) is 0 Å². The van der Waals surface area contributed by atoms with Crippen molar-refractivity contribution in [3.63, 3.8) is 0 Å². The van der Waals surface area contributed by atoms with Crippen LogP contribution in [0, 0.1) is 0 Å². The molecule has 1 unspecified atom stereocenters. The van der Waals surface area contributed by atoms with Crippen LogP contribution in [0.15, 0.2) is 29.3 Å². The van der Waals surface area contributed by atoms with Crippen molar-refractivity contribution in [2.45, 2.75) is 0 Å². The van der Waals surface area contributed by atoms with Gasteiger partial charge in [-0.1, -0.05) is 18.2 Å². The van der Waals surface area contributed by atoms with Crippen LogP contribution in [0.2, 0.25) is 0 Å². The Hall–Kier alpha value is -0.960. The van der Waals surface area contributed by atoms with Crippen LogP contribution in [0.3, 0.4) is 0 Å². The Morgan fingerprint density at radius 1 is 1.36 bits per heavy atom. The molecule has 0 radical (unpaired) electrons. The van der Waals surface area contributed by atoms with E-state index < -0.39 is 10.8 Å². The van der Waals surface area contributed by atoms with Crippen LogP contribution in [0.5, 0.6) is 0 Å². The number of para-hydroxylation sites is 1. The van der Waals surface area contributed by atoms with Crippen LogP contribution in [-0.4, -0.2) is 10.1 Å². The van der Waals surface area contributed by atoms with Crippen molar-refractivity contribution in [3.05, 3.63) is 34.8 Å². The molecule has 0 saturated heterocycles. The molecule has 56 valence electrons. The van der Waals surface area contributed by atoms with Crippen LogP contribution in [0.1, 0.15) is 0 Å². The van der Waals surface area contributed by atoms with E-state index in [9.17, 15) is 4.21 Å². The molecule has 2 rings (SSSR count). The summed E-state index contributed by atoms with van der Waals surface area (Å²) in [6.07, 6.45) is 0. The SMILES string of the molecule is O=S1C=c2ccccc2=NC1. The number of hydrogen-bond acceptors (Lipinski definition) is 2. The van der Waals surface area contributed by atoms with E-state index >= 15 is 0 Å². The molecule has 0 fully saturated rings. The molecule has 1 atom stereocenters. The van der Waals surface area contributed by atoms with E-state index in [1.807, 2.05) is 24.3 Å². The van der Waals surface area contributed by atoms with E-state index in [0.29, 0.717) is 5.88 Å². The van der Waals surface area contributed by atoms with Crippen molar-refractivity contribution in [2.75, 3.05) is 5.88 Å². The molecule has 3 heteroatoms. The van der Waals surface area contributed by atoms with Gasteiger partial charge in [0, 0.05) is 10.6 Å². The molecule has 0 N–H and O–H groups in total. The van der Waals surface area contributed by atoms with E-state index in [0.717, 1.165) is 10.6 Å². The van der Waals surface area contributed by atoms with Crippen molar-refractivity contribution < 1.29 is 4.21 Å². The predicted molar refractivity (Wildman–Crippen MR) is 44.7 cm³/mol. The summed E-state index contributed by atoms with van der Waals surface area (Å²) in [5.74, 6) is 0.414. The highest BCUT2D eigenvalue weighted by atomic mass is 32.2. The average molecular weight is 165 g/mol. The third-order valence-corrected chi connectivity index (χ3v) is 2.46. The molecule has 11 heavy (non-hydrogen) atoms. The van der Waals surface area contributed by atoms with Crippen molar-refractivity contribution in [1.29, 1.82) is 0 Å². The predicted octanol–water partition coefficient (Wildman–Crippen LogP) is -0.236. The van der Waals surface area contributed by atoms with Gasteiger partial charge >= 0.3 is 0 Å². The minimum absolute atomic E-state index is 0.414. The summed E-state index contributed by atoms with van der Waals surface area (Å²) in [6, 6.07) is 7.72. The first kappa shape index (κ1) is 6.73. The normalized spacial score (nSPS) is 21.3. The molecule has 1 aromatic rings. The monoisotopic (exact) mass is 165 g/mol. The summed E-state index contributed by atoms with van der Waals surface area (Å²) in [4.78, 5) is 4.14. The Morgan fingerprint density at radius 2 is 2.18 bits per heavy atom. The minimum Gasteiger partial charge on any atom is -0.271 e. The molecular formula is C8H7NOS. The van der Waals surface area contributed by atoms with E-state index in [-0.39, 0.29) is 0 Å². The minimum atomic E-state index is -0.893. The zero-order valence-corrected chi connectivity index (χ0v) is 6.67. The van der Waals surface area contributed by atoms with E-state index in [2.05, 4.69) is 4.99 Å². The molecule has 0 aromatic heterocycles. The Kier molecular flexibility index (Phi) is 1.58. The van der Waals surface area contributed by atoms with Gasteiger partial charge in [0.15, 0.2) is 0 Å². The maximum absolute atomic E-state index is 11.0. The molecule has 0 amide bonds. The Bertz CT molecular complexity index is 410. The van der Waals surface area contributed by atoms with Crippen molar-refractivity contribution in [1.82, 2.24) is 0 Å². The highest BCUT2D eigenvalue weighted by molar-refractivity contribution is 7.92. The number of benzene rings is 1. The largest absolute Gasteiger partial charge is 0.271 e. The van der Waals surface area contributed by atoms with Gasteiger partial charge in [0.05, 0.1) is 16.2 Å². The number of hydrogen-bond donors (Lipinski definition) is 0. The van der Waals surface area contributed by atoms with E-state index in [1.54, 1.807) is 5.41 Å². The van der Waals surface area contributed by atoms with Gasteiger partial charge < -0.3 is 0 Å². The fourth-order valence-corrected chi connectivity index (χ4v) is 1.87. The summed E-state index contributed by atoms with van der Waals surface area (Å²) in [7, 11) is -0.893. The van der Waals surface area contributed by atoms with Gasteiger partial charge in [-0.15, -0.1) is 0 Å². The molecule has 0 bridgehead atoms. The van der Waals surface area contributed by atoms with Gasteiger partial charge in [-0.05, 0) is 6.07 Å². The van der Waals surface area contributed by atoms with Gasteiger partial charge in [-0.25, -0.2) is 0 Å². The van der Waals surface area contributed by atoms with Crippen molar-refractivity contribution in [2.24, 2.45) is 4.99 Å². The fraction of sp³-hybridized carbons (Fsp3) is 0.125. The molecular weight excluding hydrogens is 158 g/mol. The molecule has 0 saturated carbocycles. The molecule has 1 aliphatic rings. The smallest absolute Gasteiger partial charge is 0.119 e. The van der Waals surface area contributed by atoms with Crippen LogP contribution >= 0.6 is 0 Å². The first-order valence-corrected chi connectivity index (χ1v) is 4.73. The average Bonchev–Trinajstić information content (AvgIpc) is 2.04. The van der Waals surface area contributed by atoms with Crippen LogP contribution < -0.4 is 10.6 Å². The summed E-state index contributed by atoms with van der Waals surface area (Å²) in [5.41, 5.74) is 0. The van der Waals surface area contributed by atoms with E-state index in [1.165, 1.54) is 0 Å². The van der Waals surface area contributed by atoms with Crippen molar-refractivity contribution in [3.8, 4) is 0 Å². The standard InChI is InChI=1S/C8H7NOS/c10-11-5-7-3-1-2-4-8(7)9-6-11/h1-5H,6H2. The third kappa shape index (κ3) is 1.24. The molecule has 0 aliphatic carbocycles. The van der Waals surface area contributed by atoms with Crippen LogP contribution in [-0.2, 0) is 10.8 Å². The number of rotatable bonds is 0. The van der Waals surface area contributed by atoms with Crippen LogP contribution in [0.4, 0.5) is 0 Å². The molecule has 1 aliphatic heterocycles. The quantitative estimate of drug-likeness (QED) is 0.522. The molecule has 0 spiro atoms. The molecule has 1 heterocycles. The molecule has 1 aromatic carbocycles. The van der Waals surface area contributed by atoms with Gasteiger partial charge in [-0.3, -0.25) is 9.20 Å². The van der Waals surface area contributed by atoms with Gasteiger partial charge in [0.25, 0.3) is 0 Å². The zero-order chi connectivity index (χ0) is 7.68. The van der Waals surface area contributed by atoms with Gasteiger partial charge in [-0.2, -0.15) is 0 Å². The lowest BCUT2D eigenvalue weighted by molar-refractivity contribution is 0.689. The lowest BCUT2D eigenvalue weighted by atomic mass is 10.3. The Morgan fingerprint density at radius 3 is 3.09 bits per heavy atom. The maximum atomic E-state index is 11.0. The lowest BCUT2D eigenvalue weighted by Gasteiger charge is -1.97. The summed E-state index contributed by atoms with van der Waals surface area (Å²) in [6.45, 7) is 0. The van der Waals surface area contributed by atoms with Crippen LogP contribution in [0.25, 0.3) is 5.41 Å². The second kappa shape index (κ2) is 2.58. The highest BCUT2D eigenvalue weighted by Gasteiger charge is 1.97. The number of fused-ring (bicyclic) bond motifs is 1. The van der Waals surface area contributed by atoms with E-state index in [4.69, 9.17) is 0 Å². The first-order chi connectivity index (χ1) is 5.36. The third-order valence-electron chi connectivity index (χ3n) is 1.56. The topological polar surface area (TPSA) is 29.4 Å². The first-order valence-electron chi connectivity index (χ1n) is 3.35. The molecule has 2 nitrogen and oxygen atoms in total. The second-order valence-electron chi connectivity index (χ2n) is 2.34. The van der Waals surface area contributed by atoms with Gasteiger partial charge in [0.1, 0.15) is 5.88 Å². The highest BCUT2D eigenvalue weighted by Crippen LogP contribution is 1.87. The fourth-order valence-electron chi connectivity index (χ4n) is 1.04. The lowest BCUT2D eigenvalue weighted by Crippen LogP contribution is -2.28. The second-order valence-corrected chi connectivity index (χ2v) is 3.60. The zero-order valence-electron chi connectivity index (χ0n) is 5.86. The van der Waals surface area contributed by atoms with Crippen molar-refractivity contribution >= 4 is 16.2 Å².